The third kappa shape index (κ3) is 26.8. The Labute approximate surface area is 314 Å². The summed E-state index contributed by atoms with van der Waals surface area (Å²) >= 11 is 0. The van der Waals surface area contributed by atoms with Crippen LogP contribution < -0.4 is 0 Å². The number of rotatable bonds is 35. The molecule has 1 rings (SSSR count). The van der Waals surface area contributed by atoms with Gasteiger partial charge in [0.15, 0.2) is 5.79 Å². The molecule has 0 aromatic heterocycles. The molecule has 0 N–H and O–H groups in total. The van der Waals surface area contributed by atoms with Gasteiger partial charge in [-0.3, -0.25) is 0 Å². The summed E-state index contributed by atoms with van der Waals surface area (Å²) < 4.78 is 13.9. The van der Waals surface area contributed by atoms with Crippen LogP contribution in [0.1, 0.15) is 194 Å². The molecule has 1 fully saturated rings. The Balaban J connectivity index is 2.35. The van der Waals surface area contributed by atoms with E-state index in [1.54, 1.807) is 0 Å². The summed E-state index contributed by atoms with van der Waals surface area (Å²) in [5.41, 5.74) is 0. The van der Waals surface area contributed by atoms with Gasteiger partial charge in [0.05, 0.1) is 0 Å². The fourth-order valence-electron chi connectivity index (χ4n) is 7.37. The van der Waals surface area contributed by atoms with Crippen LogP contribution in [0.15, 0.2) is 36.5 Å². The zero-order valence-electron chi connectivity index (χ0n) is 34.9. The molecule has 0 saturated carbocycles. The first-order valence-electron chi connectivity index (χ1n) is 21.9. The third-order valence-electron chi connectivity index (χ3n) is 10.5. The predicted octanol–water partition coefficient (Wildman–Crippen LogP) is 13.5. The Kier molecular flexibility index (Phi) is 30.8. The van der Waals surface area contributed by atoms with Crippen molar-refractivity contribution in [3.05, 3.63) is 36.5 Å². The van der Waals surface area contributed by atoms with Gasteiger partial charge < -0.3 is 19.3 Å². The number of allylic oxidation sites excluding steroid dienone is 6. The van der Waals surface area contributed by atoms with Crippen molar-refractivity contribution in [2.24, 2.45) is 5.92 Å². The summed E-state index contributed by atoms with van der Waals surface area (Å²) in [6.45, 7) is 8.86. The molecule has 50 heavy (non-hydrogen) atoms. The molecule has 1 aliphatic rings. The van der Waals surface area contributed by atoms with Gasteiger partial charge in [0.25, 0.3) is 0 Å². The lowest BCUT2D eigenvalue weighted by Crippen LogP contribution is -2.39. The summed E-state index contributed by atoms with van der Waals surface area (Å²) in [6, 6.07) is 0. The highest BCUT2D eigenvalue weighted by atomic mass is 16.8. The predicted molar refractivity (Wildman–Crippen MR) is 222 cm³/mol. The minimum absolute atomic E-state index is 0.149. The van der Waals surface area contributed by atoms with Gasteiger partial charge in [-0.2, -0.15) is 0 Å². The Morgan fingerprint density at radius 2 is 0.880 bits per heavy atom. The minimum Gasteiger partial charge on any atom is -0.343 e. The molecule has 3 atom stereocenters. The van der Waals surface area contributed by atoms with Crippen LogP contribution in [0.4, 0.5) is 0 Å². The van der Waals surface area contributed by atoms with Gasteiger partial charge in [-0.1, -0.05) is 147 Å². The quantitative estimate of drug-likeness (QED) is 0.0485. The van der Waals surface area contributed by atoms with Crippen LogP contribution in [0.5, 0.6) is 0 Å². The van der Waals surface area contributed by atoms with Gasteiger partial charge in [-0.15, -0.1) is 0 Å². The third-order valence-corrected chi connectivity index (χ3v) is 10.5. The lowest BCUT2D eigenvalue weighted by atomic mass is 9.96. The van der Waals surface area contributed by atoms with Crippen molar-refractivity contribution in [3.8, 4) is 0 Å². The smallest absolute Gasteiger partial charge is 0.169 e. The zero-order chi connectivity index (χ0) is 36.5. The number of unbranched alkanes of at least 4 members (excludes halogenated alkanes) is 17. The molecule has 0 aliphatic carbocycles. The number of ether oxygens (including phenoxy) is 2. The molecule has 2 unspecified atom stereocenters. The zero-order valence-corrected chi connectivity index (χ0v) is 34.9. The summed E-state index contributed by atoms with van der Waals surface area (Å²) in [5.74, 6) is 0.466. The molecular formula is C46H88N2O2. The normalized spacial score (nSPS) is 20.6. The number of hydrogen-bond acceptors (Lipinski definition) is 4. The molecule has 0 spiro atoms. The SMILES string of the molecule is CCCCC/C=C\C/C=C\CCCCCCCCC1(CCCCCCCC[C@H](C)CC/C=C\CCCCC)OC(CN(C)C)C(CN(C)C)O1. The van der Waals surface area contributed by atoms with Crippen molar-refractivity contribution in [2.75, 3.05) is 41.3 Å². The van der Waals surface area contributed by atoms with Crippen molar-refractivity contribution in [1.82, 2.24) is 9.80 Å². The number of nitrogens with zero attached hydrogens (tertiary/aromatic N) is 2. The van der Waals surface area contributed by atoms with Crippen molar-refractivity contribution in [2.45, 2.75) is 212 Å². The van der Waals surface area contributed by atoms with E-state index in [9.17, 15) is 0 Å². The lowest BCUT2D eigenvalue weighted by Gasteiger charge is -2.29. The highest BCUT2D eigenvalue weighted by Crippen LogP contribution is 2.38. The second-order valence-corrected chi connectivity index (χ2v) is 16.4. The van der Waals surface area contributed by atoms with Gasteiger partial charge >= 0.3 is 0 Å². The molecule has 294 valence electrons. The van der Waals surface area contributed by atoms with Crippen molar-refractivity contribution in [3.63, 3.8) is 0 Å². The molecule has 0 amide bonds. The van der Waals surface area contributed by atoms with E-state index in [2.05, 4.69) is 95.2 Å². The first-order valence-corrected chi connectivity index (χ1v) is 21.9. The van der Waals surface area contributed by atoms with Crippen molar-refractivity contribution < 1.29 is 9.47 Å². The molecule has 1 aliphatic heterocycles. The largest absolute Gasteiger partial charge is 0.343 e. The van der Waals surface area contributed by atoms with Crippen molar-refractivity contribution in [1.29, 1.82) is 0 Å². The van der Waals surface area contributed by atoms with Crippen molar-refractivity contribution >= 4 is 0 Å². The standard InChI is InChI=1S/C46H88N2O2/c1-8-10-12-14-16-17-18-19-20-21-22-23-24-27-31-35-39-46(49-44(41-47(4)5)45(50-46)42-48(6)7)40-36-32-28-26-30-34-38-43(3)37-33-29-25-15-13-11-9-2/h16-17,19-20,25,29,43-45H,8-15,18,21-24,26-28,30-42H2,1-7H3/b17-16-,20-19-,29-25-/t43-,44?,45?,46?/m1/s1. The van der Waals surface area contributed by atoms with Crippen LogP contribution >= 0.6 is 0 Å². The average Bonchev–Trinajstić information content (AvgIpc) is 3.40. The van der Waals surface area contributed by atoms with Gasteiger partial charge in [0, 0.05) is 25.9 Å². The van der Waals surface area contributed by atoms with Gasteiger partial charge in [-0.25, -0.2) is 0 Å². The molecule has 1 heterocycles. The van der Waals surface area contributed by atoms with Gasteiger partial charge in [-0.05, 0) is 105 Å². The monoisotopic (exact) mass is 701 g/mol. The van der Waals surface area contributed by atoms with Crippen LogP contribution in [0.25, 0.3) is 0 Å². The van der Waals surface area contributed by atoms with E-state index in [0.29, 0.717) is 0 Å². The van der Waals surface area contributed by atoms with E-state index in [4.69, 9.17) is 9.47 Å². The lowest BCUT2D eigenvalue weighted by molar-refractivity contribution is -0.187. The van der Waals surface area contributed by atoms with Crippen LogP contribution in [-0.2, 0) is 9.47 Å². The minimum atomic E-state index is -0.392. The van der Waals surface area contributed by atoms with E-state index < -0.39 is 5.79 Å². The second-order valence-electron chi connectivity index (χ2n) is 16.4. The number of likely N-dealkylation sites (N-methyl/N-ethyl adjacent to an activating group) is 2. The maximum absolute atomic E-state index is 6.93. The van der Waals surface area contributed by atoms with E-state index in [1.165, 1.54) is 154 Å². The maximum Gasteiger partial charge on any atom is 0.169 e. The highest BCUT2D eigenvalue weighted by molar-refractivity contribution is 4.93. The molecule has 4 heteroatoms. The molecule has 0 bridgehead atoms. The molecule has 0 aromatic rings. The first-order chi connectivity index (χ1) is 24.3. The Morgan fingerprint density at radius 3 is 1.36 bits per heavy atom. The van der Waals surface area contributed by atoms with Crippen LogP contribution in [0, 0.1) is 5.92 Å². The molecule has 1 saturated heterocycles. The Hall–Kier alpha value is -0.940. The summed E-state index contributed by atoms with van der Waals surface area (Å²) in [7, 11) is 8.63. The summed E-state index contributed by atoms with van der Waals surface area (Å²) in [4.78, 5) is 4.53. The van der Waals surface area contributed by atoms with Crippen LogP contribution in [0.2, 0.25) is 0 Å². The highest BCUT2D eigenvalue weighted by Gasteiger charge is 2.46. The molecular weight excluding hydrogens is 613 g/mol. The Bertz CT molecular complexity index is 801. The number of hydrogen-bond donors (Lipinski definition) is 0. The van der Waals surface area contributed by atoms with E-state index in [0.717, 1.165) is 38.3 Å². The van der Waals surface area contributed by atoms with E-state index in [-0.39, 0.29) is 12.2 Å². The van der Waals surface area contributed by atoms with Gasteiger partial charge in [0.1, 0.15) is 12.2 Å². The van der Waals surface area contributed by atoms with E-state index in [1.807, 2.05) is 0 Å². The molecule has 0 aromatic carbocycles. The van der Waals surface area contributed by atoms with Gasteiger partial charge in [0.2, 0.25) is 0 Å². The maximum atomic E-state index is 6.93. The second kappa shape index (κ2) is 32.7. The fourth-order valence-corrected chi connectivity index (χ4v) is 7.37. The summed E-state index contributed by atoms with van der Waals surface area (Å²) in [5, 5.41) is 0. The summed E-state index contributed by atoms with van der Waals surface area (Å²) in [6.07, 6.45) is 49.4. The topological polar surface area (TPSA) is 24.9 Å². The van der Waals surface area contributed by atoms with Crippen LogP contribution in [-0.4, -0.2) is 69.1 Å². The molecule has 4 nitrogen and oxygen atoms in total. The first kappa shape index (κ1) is 47.1. The average molecular weight is 701 g/mol. The van der Waals surface area contributed by atoms with Crippen LogP contribution in [0.3, 0.4) is 0 Å². The van der Waals surface area contributed by atoms with E-state index >= 15 is 0 Å². The molecule has 0 radical (unpaired) electrons. The fraction of sp³-hybridized carbons (Fsp3) is 0.870. The Morgan fingerprint density at radius 1 is 0.480 bits per heavy atom.